The van der Waals surface area contributed by atoms with E-state index in [1.165, 1.54) is 18.3 Å². The molecular formula is C11H12F2N2O2. The quantitative estimate of drug-likeness (QED) is 0.794. The average Bonchev–Trinajstić information content (AvgIpc) is 2.52. The molecule has 92 valence electrons. The molecule has 1 amide bonds. The number of rotatable bonds is 1. The van der Waals surface area contributed by atoms with Gasteiger partial charge in [-0.1, -0.05) is 0 Å². The Labute approximate surface area is 96.9 Å². The molecule has 6 heteroatoms. The molecule has 17 heavy (non-hydrogen) atoms. The van der Waals surface area contributed by atoms with Crippen LogP contribution < -0.4 is 0 Å². The number of carbonyl (C=O) groups is 1. The van der Waals surface area contributed by atoms with Crippen molar-refractivity contribution in [2.45, 2.75) is 19.0 Å². The van der Waals surface area contributed by atoms with Gasteiger partial charge in [-0.15, -0.1) is 0 Å². The van der Waals surface area contributed by atoms with Crippen molar-refractivity contribution < 1.29 is 18.7 Å². The first-order valence-electron chi connectivity index (χ1n) is 5.18. The molecule has 1 N–H and O–H groups in total. The Morgan fingerprint density at radius 2 is 2.35 bits per heavy atom. The summed E-state index contributed by atoms with van der Waals surface area (Å²) in [6.07, 6.45) is -0.331. The van der Waals surface area contributed by atoms with Crippen LogP contribution in [0.2, 0.25) is 0 Å². The lowest BCUT2D eigenvalue weighted by Gasteiger charge is -2.15. The average molecular weight is 242 g/mol. The molecule has 1 aromatic rings. The molecule has 0 aliphatic carbocycles. The van der Waals surface area contributed by atoms with Crippen LogP contribution in [0, 0.1) is 6.92 Å². The van der Waals surface area contributed by atoms with Gasteiger partial charge in [0.05, 0.1) is 13.1 Å². The van der Waals surface area contributed by atoms with E-state index in [-0.39, 0.29) is 6.54 Å². The predicted molar refractivity (Wildman–Crippen MR) is 55.8 cm³/mol. The van der Waals surface area contributed by atoms with Crippen LogP contribution in [0.3, 0.4) is 0 Å². The van der Waals surface area contributed by atoms with Gasteiger partial charge in [0.1, 0.15) is 6.10 Å². The number of carbonyl (C=O) groups excluding carboxylic acids is 1. The van der Waals surface area contributed by atoms with Gasteiger partial charge in [-0.2, -0.15) is 0 Å². The van der Waals surface area contributed by atoms with Gasteiger partial charge in [0.25, 0.3) is 11.8 Å². The van der Waals surface area contributed by atoms with E-state index in [1.807, 2.05) is 0 Å². The molecule has 1 aliphatic rings. The van der Waals surface area contributed by atoms with Crippen molar-refractivity contribution in [2.75, 3.05) is 13.1 Å². The number of likely N-dealkylation sites (tertiary alicyclic amines) is 1. The van der Waals surface area contributed by atoms with Gasteiger partial charge in [-0.3, -0.25) is 9.78 Å². The highest BCUT2D eigenvalue weighted by Gasteiger charge is 2.48. The van der Waals surface area contributed by atoms with Gasteiger partial charge in [-0.05, 0) is 19.1 Å². The van der Waals surface area contributed by atoms with Crippen molar-refractivity contribution in [1.82, 2.24) is 9.88 Å². The van der Waals surface area contributed by atoms with E-state index in [4.69, 9.17) is 5.11 Å². The fourth-order valence-electron chi connectivity index (χ4n) is 1.78. The number of pyridine rings is 1. The van der Waals surface area contributed by atoms with Crippen LogP contribution in [-0.4, -0.2) is 46.0 Å². The van der Waals surface area contributed by atoms with Crippen LogP contribution in [0.4, 0.5) is 8.78 Å². The van der Waals surface area contributed by atoms with Crippen LogP contribution in [0.1, 0.15) is 16.1 Å². The van der Waals surface area contributed by atoms with E-state index in [0.29, 0.717) is 11.3 Å². The van der Waals surface area contributed by atoms with Crippen molar-refractivity contribution in [3.8, 4) is 0 Å². The van der Waals surface area contributed by atoms with Gasteiger partial charge in [-0.25, -0.2) is 8.78 Å². The minimum atomic E-state index is -3.22. The molecule has 1 aliphatic heterocycles. The summed E-state index contributed by atoms with van der Waals surface area (Å²) in [5, 5.41) is 9.12. The summed E-state index contributed by atoms with van der Waals surface area (Å²) in [6.45, 7) is 0.631. The van der Waals surface area contributed by atoms with Gasteiger partial charge >= 0.3 is 0 Å². The highest BCUT2D eigenvalue weighted by atomic mass is 19.3. The number of hydrogen-bond donors (Lipinski definition) is 1. The first kappa shape index (κ1) is 11.9. The third-order valence-corrected chi connectivity index (χ3v) is 2.71. The smallest absolute Gasteiger partial charge is 0.292 e. The summed E-state index contributed by atoms with van der Waals surface area (Å²) >= 11 is 0. The summed E-state index contributed by atoms with van der Waals surface area (Å²) in [5.74, 6) is -3.73. The van der Waals surface area contributed by atoms with Gasteiger partial charge in [0.15, 0.2) is 0 Å². The number of hydrogen-bond acceptors (Lipinski definition) is 3. The van der Waals surface area contributed by atoms with E-state index >= 15 is 0 Å². The number of aliphatic hydroxyl groups is 1. The van der Waals surface area contributed by atoms with Crippen molar-refractivity contribution in [1.29, 1.82) is 0 Å². The molecule has 0 aromatic carbocycles. The second kappa shape index (κ2) is 4.03. The molecule has 2 rings (SSSR count). The second-order valence-electron chi connectivity index (χ2n) is 4.15. The van der Waals surface area contributed by atoms with Crippen LogP contribution in [-0.2, 0) is 0 Å². The second-order valence-corrected chi connectivity index (χ2v) is 4.15. The van der Waals surface area contributed by atoms with E-state index < -0.39 is 24.5 Å². The van der Waals surface area contributed by atoms with Crippen LogP contribution >= 0.6 is 0 Å². The Hall–Kier alpha value is -1.56. The van der Waals surface area contributed by atoms with Crippen LogP contribution in [0.25, 0.3) is 0 Å². The summed E-state index contributed by atoms with van der Waals surface area (Å²) in [4.78, 5) is 16.8. The summed E-state index contributed by atoms with van der Waals surface area (Å²) in [7, 11) is 0. The molecular weight excluding hydrogens is 230 g/mol. The molecule has 0 saturated carbocycles. The fraction of sp³-hybridized carbons (Fsp3) is 0.455. The molecule has 0 bridgehead atoms. The van der Waals surface area contributed by atoms with Crippen molar-refractivity contribution in [2.24, 2.45) is 0 Å². The van der Waals surface area contributed by atoms with Crippen molar-refractivity contribution >= 4 is 5.91 Å². The topological polar surface area (TPSA) is 53.4 Å². The maximum absolute atomic E-state index is 13.1. The first-order valence-corrected chi connectivity index (χ1v) is 5.18. The SMILES string of the molecule is Cc1cc(C(=O)N2CC(O)C(F)(F)C2)ccn1. The van der Waals surface area contributed by atoms with Gasteiger partial charge in [0.2, 0.25) is 0 Å². The molecule has 1 unspecified atom stereocenters. The highest BCUT2D eigenvalue weighted by Crippen LogP contribution is 2.28. The Kier molecular flexibility index (Phi) is 2.82. The first-order chi connectivity index (χ1) is 7.90. The molecule has 1 aromatic heterocycles. The largest absolute Gasteiger partial charge is 0.385 e. The Bertz CT molecular complexity index is 451. The minimum absolute atomic E-state index is 0.308. The number of nitrogens with zero attached hydrogens (tertiary/aromatic N) is 2. The molecule has 0 radical (unpaired) electrons. The fourth-order valence-corrected chi connectivity index (χ4v) is 1.78. The lowest BCUT2D eigenvalue weighted by molar-refractivity contribution is -0.0727. The van der Waals surface area contributed by atoms with Crippen molar-refractivity contribution in [3.63, 3.8) is 0 Å². The monoisotopic (exact) mass is 242 g/mol. The number of amides is 1. The maximum atomic E-state index is 13.1. The van der Waals surface area contributed by atoms with E-state index in [0.717, 1.165) is 4.90 Å². The zero-order valence-corrected chi connectivity index (χ0v) is 9.23. The molecule has 1 atom stereocenters. The number of aryl methyl sites for hydroxylation is 1. The van der Waals surface area contributed by atoms with Gasteiger partial charge in [0, 0.05) is 17.5 Å². The zero-order valence-electron chi connectivity index (χ0n) is 9.23. The lowest BCUT2D eigenvalue weighted by atomic mass is 10.2. The van der Waals surface area contributed by atoms with Gasteiger partial charge < -0.3 is 10.0 Å². The third kappa shape index (κ3) is 2.26. The summed E-state index contributed by atoms with van der Waals surface area (Å²) in [5.41, 5.74) is 0.949. The summed E-state index contributed by atoms with van der Waals surface area (Å²) in [6, 6.07) is 3.00. The minimum Gasteiger partial charge on any atom is -0.385 e. The predicted octanol–water partition coefficient (Wildman–Crippen LogP) is 0.842. The standard InChI is InChI=1S/C11H12F2N2O2/c1-7-4-8(2-3-14-7)10(17)15-5-9(16)11(12,13)6-15/h2-4,9,16H,5-6H2,1H3. The molecule has 0 spiro atoms. The normalized spacial score (nSPS) is 22.8. The van der Waals surface area contributed by atoms with Crippen molar-refractivity contribution in [3.05, 3.63) is 29.6 Å². The van der Waals surface area contributed by atoms with E-state index in [9.17, 15) is 13.6 Å². The highest BCUT2D eigenvalue weighted by molar-refractivity contribution is 5.94. The van der Waals surface area contributed by atoms with E-state index in [2.05, 4.69) is 4.98 Å². The van der Waals surface area contributed by atoms with Crippen LogP contribution in [0.5, 0.6) is 0 Å². The van der Waals surface area contributed by atoms with E-state index in [1.54, 1.807) is 6.92 Å². The third-order valence-electron chi connectivity index (χ3n) is 2.71. The molecule has 4 nitrogen and oxygen atoms in total. The lowest BCUT2D eigenvalue weighted by Crippen LogP contribution is -2.32. The number of alkyl halides is 2. The zero-order chi connectivity index (χ0) is 12.6. The number of β-amino-alcohol motifs (C(OH)–C–C–N with tert-alkyl or cyclic N) is 1. The molecule has 2 heterocycles. The Morgan fingerprint density at radius 3 is 2.88 bits per heavy atom. The van der Waals surface area contributed by atoms with Crippen LogP contribution in [0.15, 0.2) is 18.3 Å². The number of aliphatic hydroxyl groups excluding tert-OH is 1. The Morgan fingerprint density at radius 1 is 1.65 bits per heavy atom. The molecule has 1 saturated heterocycles. The number of halogens is 2. The Balaban J connectivity index is 2.18. The molecule has 1 fully saturated rings. The number of aromatic nitrogens is 1. The summed E-state index contributed by atoms with van der Waals surface area (Å²) < 4.78 is 26.2. The maximum Gasteiger partial charge on any atom is 0.292 e.